The van der Waals surface area contributed by atoms with Gasteiger partial charge in [-0.1, -0.05) is 11.8 Å². The fourth-order valence-electron chi connectivity index (χ4n) is 2.48. The number of carbonyl (C=O) groups excluding carboxylic acids is 1. The standard InChI is InChI=1S/C16H19FN2O2/c1-21-13-6-5-12(10-13)19-16(20)14-7-4-11(3-2-8-18)9-15(14)17/h4,7,9,12-13H,5-6,8,10,18H2,1H3,(H,19,20). The van der Waals surface area contributed by atoms with E-state index in [1.807, 2.05) is 0 Å². The molecule has 0 aliphatic heterocycles. The highest BCUT2D eigenvalue weighted by atomic mass is 19.1. The van der Waals surface area contributed by atoms with Crippen LogP contribution in [-0.2, 0) is 4.74 Å². The van der Waals surface area contributed by atoms with Gasteiger partial charge in [-0.15, -0.1) is 0 Å². The lowest BCUT2D eigenvalue weighted by atomic mass is 10.1. The van der Waals surface area contributed by atoms with Crippen molar-refractivity contribution in [2.24, 2.45) is 5.73 Å². The van der Waals surface area contributed by atoms with Gasteiger partial charge >= 0.3 is 0 Å². The molecule has 0 spiro atoms. The van der Waals surface area contributed by atoms with Crippen LogP contribution in [0.4, 0.5) is 4.39 Å². The van der Waals surface area contributed by atoms with Gasteiger partial charge in [0.1, 0.15) is 5.82 Å². The molecule has 1 aliphatic carbocycles. The molecule has 1 aliphatic rings. The molecule has 112 valence electrons. The number of methoxy groups -OCH3 is 1. The van der Waals surface area contributed by atoms with Gasteiger partial charge in [-0.05, 0) is 37.5 Å². The van der Waals surface area contributed by atoms with E-state index in [1.54, 1.807) is 13.2 Å². The van der Waals surface area contributed by atoms with Crippen LogP contribution in [0.2, 0.25) is 0 Å². The van der Waals surface area contributed by atoms with Crippen LogP contribution in [0.15, 0.2) is 18.2 Å². The van der Waals surface area contributed by atoms with Crippen LogP contribution in [0.25, 0.3) is 0 Å². The predicted octanol–water partition coefficient (Wildman–Crippen LogP) is 1.43. The fraction of sp³-hybridized carbons (Fsp3) is 0.438. The van der Waals surface area contributed by atoms with E-state index in [1.165, 1.54) is 12.1 Å². The molecule has 2 unspecified atom stereocenters. The van der Waals surface area contributed by atoms with Crippen molar-refractivity contribution in [1.82, 2.24) is 5.32 Å². The molecule has 1 aromatic carbocycles. The molecule has 1 aromatic rings. The van der Waals surface area contributed by atoms with Crippen molar-refractivity contribution in [3.05, 3.63) is 35.1 Å². The van der Waals surface area contributed by atoms with E-state index < -0.39 is 11.7 Å². The SMILES string of the molecule is COC1CCC(NC(=O)c2ccc(C#CCN)cc2F)C1. The third-order valence-electron chi connectivity index (χ3n) is 3.60. The fourth-order valence-corrected chi connectivity index (χ4v) is 2.48. The summed E-state index contributed by atoms with van der Waals surface area (Å²) >= 11 is 0. The number of amides is 1. The number of hydrogen-bond donors (Lipinski definition) is 2. The first-order valence-electron chi connectivity index (χ1n) is 6.96. The van der Waals surface area contributed by atoms with Crippen LogP contribution in [-0.4, -0.2) is 31.7 Å². The maximum absolute atomic E-state index is 14.0. The number of halogens is 1. The first kappa shape index (κ1) is 15.5. The van der Waals surface area contributed by atoms with Crippen LogP contribution < -0.4 is 11.1 Å². The van der Waals surface area contributed by atoms with E-state index >= 15 is 0 Å². The molecule has 1 fully saturated rings. The van der Waals surface area contributed by atoms with Gasteiger partial charge in [0.2, 0.25) is 0 Å². The average Bonchev–Trinajstić information content (AvgIpc) is 2.92. The first-order chi connectivity index (χ1) is 10.1. The number of nitrogens with one attached hydrogen (secondary N) is 1. The van der Waals surface area contributed by atoms with Crippen molar-refractivity contribution in [1.29, 1.82) is 0 Å². The molecule has 5 heteroatoms. The molecule has 0 aromatic heterocycles. The molecule has 2 rings (SSSR count). The molecule has 0 saturated heterocycles. The van der Waals surface area contributed by atoms with Crippen LogP contribution in [0.1, 0.15) is 35.2 Å². The van der Waals surface area contributed by atoms with Crippen molar-refractivity contribution in [2.45, 2.75) is 31.4 Å². The second-order valence-electron chi connectivity index (χ2n) is 5.04. The van der Waals surface area contributed by atoms with E-state index in [0.29, 0.717) is 5.56 Å². The monoisotopic (exact) mass is 290 g/mol. The van der Waals surface area contributed by atoms with E-state index in [9.17, 15) is 9.18 Å². The quantitative estimate of drug-likeness (QED) is 0.828. The lowest BCUT2D eigenvalue weighted by molar-refractivity contribution is 0.0911. The maximum Gasteiger partial charge on any atom is 0.254 e. The van der Waals surface area contributed by atoms with Crippen molar-refractivity contribution in [3.63, 3.8) is 0 Å². The Morgan fingerprint density at radius 1 is 1.52 bits per heavy atom. The molecule has 4 nitrogen and oxygen atoms in total. The van der Waals surface area contributed by atoms with Crippen LogP contribution in [0.5, 0.6) is 0 Å². The van der Waals surface area contributed by atoms with Gasteiger partial charge in [0, 0.05) is 18.7 Å². The Kier molecular flexibility index (Phi) is 5.32. The molecule has 3 N–H and O–H groups in total. The summed E-state index contributed by atoms with van der Waals surface area (Å²) in [5, 5.41) is 2.85. The normalized spacial score (nSPS) is 20.7. The molecule has 2 atom stereocenters. The van der Waals surface area contributed by atoms with Gasteiger partial charge in [0.25, 0.3) is 5.91 Å². The Bertz CT molecular complexity index is 577. The largest absolute Gasteiger partial charge is 0.381 e. The maximum atomic E-state index is 14.0. The summed E-state index contributed by atoms with van der Waals surface area (Å²) in [4.78, 5) is 12.1. The Balaban J connectivity index is 2.02. The van der Waals surface area contributed by atoms with Gasteiger partial charge in [0.15, 0.2) is 0 Å². The summed E-state index contributed by atoms with van der Waals surface area (Å²) in [6, 6.07) is 4.37. The van der Waals surface area contributed by atoms with Gasteiger partial charge in [-0.3, -0.25) is 4.79 Å². The minimum absolute atomic E-state index is 0.0363. The number of benzene rings is 1. The zero-order chi connectivity index (χ0) is 15.2. The van der Waals surface area contributed by atoms with Crippen molar-refractivity contribution < 1.29 is 13.9 Å². The average molecular weight is 290 g/mol. The minimum atomic E-state index is -0.572. The Labute approximate surface area is 123 Å². The van der Waals surface area contributed by atoms with Crippen LogP contribution in [0, 0.1) is 17.7 Å². The Hall–Kier alpha value is -1.90. The molecule has 0 heterocycles. The zero-order valence-electron chi connectivity index (χ0n) is 12.0. The number of ether oxygens (including phenoxy) is 1. The number of hydrogen-bond acceptors (Lipinski definition) is 3. The second kappa shape index (κ2) is 7.21. The second-order valence-corrected chi connectivity index (χ2v) is 5.04. The molecule has 1 saturated carbocycles. The molecular formula is C16H19FN2O2. The number of nitrogens with two attached hydrogens (primary N) is 1. The topological polar surface area (TPSA) is 64.3 Å². The summed E-state index contributed by atoms with van der Waals surface area (Å²) in [7, 11) is 1.66. The summed E-state index contributed by atoms with van der Waals surface area (Å²) in [5.41, 5.74) is 5.81. The van der Waals surface area contributed by atoms with Gasteiger partial charge in [-0.25, -0.2) is 4.39 Å². The summed E-state index contributed by atoms with van der Waals surface area (Å²) in [6.45, 7) is 0.214. The first-order valence-corrected chi connectivity index (χ1v) is 6.96. The van der Waals surface area contributed by atoms with Crippen molar-refractivity contribution in [3.8, 4) is 11.8 Å². The molecule has 0 radical (unpaired) electrons. The Morgan fingerprint density at radius 3 is 2.95 bits per heavy atom. The smallest absolute Gasteiger partial charge is 0.254 e. The third-order valence-corrected chi connectivity index (χ3v) is 3.60. The lowest BCUT2D eigenvalue weighted by Crippen LogP contribution is -2.33. The highest BCUT2D eigenvalue weighted by Crippen LogP contribution is 2.22. The molecule has 21 heavy (non-hydrogen) atoms. The van der Waals surface area contributed by atoms with Crippen LogP contribution >= 0.6 is 0 Å². The summed E-state index contributed by atoms with van der Waals surface area (Å²) < 4.78 is 19.2. The minimum Gasteiger partial charge on any atom is -0.381 e. The lowest BCUT2D eigenvalue weighted by Gasteiger charge is -2.13. The van der Waals surface area contributed by atoms with Gasteiger partial charge in [0.05, 0.1) is 18.2 Å². The van der Waals surface area contributed by atoms with E-state index in [2.05, 4.69) is 17.2 Å². The highest BCUT2D eigenvalue weighted by molar-refractivity contribution is 5.94. The molecule has 0 bridgehead atoms. The number of carbonyl (C=O) groups is 1. The molecule has 1 amide bonds. The van der Waals surface area contributed by atoms with Gasteiger partial charge in [-0.2, -0.15) is 0 Å². The van der Waals surface area contributed by atoms with Crippen LogP contribution in [0.3, 0.4) is 0 Å². The summed E-state index contributed by atoms with van der Waals surface area (Å²) in [6.07, 6.45) is 2.71. The summed E-state index contributed by atoms with van der Waals surface area (Å²) in [5.74, 6) is 4.41. The van der Waals surface area contributed by atoms with E-state index in [-0.39, 0.29) is 24.3 Å². The Morgan fingerprint density at radius 2 is 2.33 bits per heavy atom. The van der Waals surface area contributed by atoms with Crippen molar-refractivity contribution >= 4 is 5.91 Å². The highest BCUT2D eigenvalue weighted by Gasteiger charge is 2.26. The predicted molar refractivity (Wildman–Crippen MR) is 78.2 cm³/mol. The van der Waals surface area contributed by atoms with E-state index in [4.69, 9.17) is 10.5 Å². The zero-order valence-corrected chi connectivity index (χ0v) is 12.0. The van der Waals surface area contributed by atoms with Gasteiger partial charge < -0.3 is 15.8 Å². The van der Waals surface area contributed by atoms with E-state index in [0.717, 1.165) is 19.3 Å². The number of rotatable bonds is 3. The third kappa shape index (κ3) is 4.03. The molecular weight excluding hydrogens is 271 g/mol. The van der Waals surface area contributed by atoms with Crippen molar-refractivity contribution in [2.75, 3.05) is 13.7 Å².